The van der Waals surface area contributed by atoms with Gasteiger partial charge in [0.25, 0.3) is 5.91 Å². The number of rotatable bonds is 4. The van der Waals surface area contributed by atoms with E-state index in [2.05, 4.69) is 31.9 Å². The van der Waals surface area contributed by atoms with Crippen LogP contribution >= 0.6 is 39.7 Å². The van der Waals surface area contributed by atoms with Crippen LogP contribution in [0.3, 0.4) is 0 Å². The van der Waals surface area contributed by atoms with Gasteiger partial charge in [-0.3, -0.25) is 4.79 Å². The van der Waals surface area contributed by atoms with Gasteiger partial charge in [0, 0.05) is 26.8 Å². The predicted octanol–water partition coefficient (Wildman–Crippen LogP) is 4.68. The first-order valence-electron chi connectivity index (χ1n) is 8.18. The van der Waals surface area contributed by atoms with Crippen molar-refractivity contribution >= 4 is 56.5 Å². The summed E-state index contributed by atoms with van der Waals surface area (Å²) in [5.74, 6) is -0.464. The molecule has 2 aromatic carbocycles. The minimum atomic E-state index is -0.760. The van der Waals surface area contributed by atoms with Gasteiger partial charge in [-0.05, 0) is 49.5 Å². The number of benzene rings is 2. The first kappa shape index (κ1) is 20.6. The van der Waals surface area contributed by atoms with Crippen molar-refractivity contribution in [1.29, 1.82) is 0 Å². The number of nitrogens with one attached hydrogen (secondary N) is 3. The minimum absolute atomic E-state index is 0.297. The SMILES string of the molecule is COc1cc(Cl)ccc1NC(=O)C1=C(C)NC(=S)NC1c1cc(Br)ccc1F. The van der Waals surface area contributed by atoms with Crippen LogP contribution in [0.5, 0.6) is 5.75 Å². The molecule has 0 aliphatic carbocycles. The van der Waals surface area contributed by atoms with Gasteiger partial charge in [-0.15, -0.1) is 0 Å². The molecule has 1 heterocycles. The second kappa shape index (κ2) is 8.46. The molecule has 0 radical (unpaired) electrons. The lowest BCUT2D eigenvalue weighted by Crippen LogP contribution is -2.46. The molecule has 0 saturated heterocycles. The van der Waals surface area contributed by atoms with E-state index in [1.54, 1.807) is 37.3 Å². The standard InChI is InChI=1S/C19H16BrClFN3O2S/c1-9-16(18(26)24-14-6-4-11(21)8-15(14)27-2)17(25-19(28)23-9)12-7-10(20)3-5-13(12)22/h3-8,17H,1-2H3,(H,24,26)(H2,23,25,28). The second-order valence-corrected chi connectivity index (χ2v) is 7.80. The summed E-state index contributed by atoms with van der Waals surface area (Å²) in [6.07, 6.45) is 0. The third-order valence-corrected chi connectivity index (χ3v) is 5.14. The van der Waals surface area contributed by atoms with Crippen molar-refractivity contribution in [3.63, 3.8) is 0 Å². The Hall–Kier alpha value is -2.16. The molecule has 0 aromatic heterocycles. The van der Waals surface area contributed by atoms with Gasteiger partial charge in [0.2, 0.25) is 0 Å². The normalized spacial score (nSPS) is 16.3. The van der Waals surface area contributed by atoms with Crippen molar-refractivity contribution in [2.45, 2.75) is 13.0 Å². The maximum atomic E-state index is 14.5. The Morgan fingerprint density at radius 2 is 2.07 bits per heavy atom. The largest absolute Gasteiger partial charge is 0.495 e. The number of thiocarbonyl (C=S) groups is 1. The zero-order valence-corrected chi connectivity index (χ0v) is 18.1. The van der Waals surface area contributed by atoms with Crippen molar-refractivity contribution in [3.05, 3.63) is 68.5 Å². The van der Waals surface area contributed by atoms with E-state index in [0.717, 1.165) is 0 Å². The number of methoxy groups -OCH3 is 1. The van der Waals surface area contributed by atoms with Crippen LogP contribution in [0, 0.1) is 5.82 Å². The van der Waals surface area contributed by atoms with Crippen LogP contribution in [0.1, 0.15) is 18.5 Å². The molecule has 28 heavy (non-hydrogen) atoms. The highest BCUT2D eigenvalue weighted by Gasteiger charge is 2.32. The topological polar surface area (TPSA) is 62.4 Å². The summed E-state index contributed by atoms with van der Waals surface area (Å²) in [7, 11) is 1.48. The van der Waals surface area contributed by atoms with Gasteiger partial charge in [-0.25, -0.2) is 4.39 Å². The summed E-state index contributed by atoms with van der Waals surface area (Å²) in [4.78, 5) is 13.1. The Bertz CT molecular complexity index is 999. The van der Waals surface area contributed by atoms with Crippen molar-refractivity contribution in [2.75, 3.05) is 12.4 Å². The third-order valence-electron chi connectivity index (χ3n) is 4.19. The van der Waals surface area contributed by atoms with Crippen LogP contribution in [0.4, 0.5) is 10.1 Å². The summed E-state index contributed by atoms with van der Waals surface area (Å²) in [5, 5.41) is 9.48. The van der Waals surface area contributed by atoms with E-state index in [9.17, 15) is 9.18 Å². The predicted molar refractivity (Wildman–Crippen MR) is 115 cm³/mol. The van der Waals surface area contributed by atoms with E-state index < -0.39 is 17.8 Å². The molecule has 3 N–H and O–H groups in total. The van der Waals surface area contributed by atoms with Gasteiger partial charge in [0.05, 0.1) is 24.4 Å². The van der Waals surface area contributed by atoms with E-state index in [0.29, 0.717) is 42.9 Å². The molecule has 1 aliphatic rings. The molecule has 1 aliphatic heterocycles. The number of hydrogen-bond acceptors (Lipinski definition) is 3. The molecule has 1 atom stereocenters. The van der Waals surface area contributed by atoms with Crippen molar-refractivity contribution in [3.8, 4) is 5.75 Å². The third kappa shape index (κ3) is 4.29. The summed E-state index contributed by atoms with van der Waals surface area (Å²) in [5.41, 5.74) is 1.57. The molecule has 9 heteroatoms. The fraction of sp³-hybridized carbons (Fsp3) is 0.158. The fourth-order valence-electron chi connectivity index (χ4n) is 2.92. The van der Waals surface area contributed by atoms with E-state index in [4.69, 9.17) is 28.6 Å². The summed E-state index contributed by atoms with van der Waals surface area (Å²) >= 11 is 14.5. The summed E-state index contributed by atoms with van der Waals surface area (Å²) in [6.45, 7) is 1.71. The van der Waals surface area contributed by atoms with Gasteiger partial charge in [0.1, 0.15) is 11.6 Å². The number of allylic oxidation sites excluding steroid dienone is 1. The average molecular weight is 485 g/mol. The minimum Gasteiger partial charge on any atom is -0.495 e. The number of anilines is 1. The van der Waals surface area contributed by atoms with Crippen LogP contribution in [0.2, 0.25) is 5.02 Å². The van der Waals surface area contributed by atoms with E-state index in [1.807, 2.05) is 0 Å². The number of hydrogen-bond donors (Lipinski definition) is 3. The second-order valence-electron chi connectivity index (χ2n) is 6.03. The Morgan fingerprint density at radius 1 is 1.32 bits per heavy atom. The zero-order chi connectivity index (χ0) is 20.4. The zero-order valence-electron chi connectivity index (χ0n) is 14.9. The van der Waals surface area contributed by atoms with Crippen LogP contribution in [-0.4, -0.2) is 18.1 Å². The Kier molecular flexibility index (Phi) is 6.22. The van der Waals surface area contributed by atoms with Gasteiger partial charge in [-0.1, -0.05) is 27.5 Å². The molecule has 0 saturated carbocycles. The molecular formula is C19H16BrClFN3O2S. The quantitative estimate of drug-likeness (QED) is 0.550. The summed E-state index contributed by atoms with van der Waals surface area (Å²) < 4.78 is 20.5. The number of carbonyl (C=O) groups is 1. The average Bonchev–Trinajstić information content (AvgIpc) is 2.64. The highest BCUT2D eigenvalue weighted by Crippen LogP contribution is 2.33. The molecule has 0 spiro atoms. The lowest BCUT2D eigenvalue weighted by atomic mass is 9.94. The molecule has 0 bridgehead atoms. The number of amides is 1. The lowest BCUT2D eigenvalue weighted by Gasteiger charge is -2.30. The Labute approximate surface area is 180 Å². The molecule has 1 amide bonds. The number of carbonyl (C=O) groups excluding carboxylic acids is 1. The molecule has 0 fully saturated rings. The van der Waals surface area contributed by atoms with Gasteiger partial charge in [0.15, 0.2) is 5.11 Å². The van der Waals surface area contributed by atoms with E-state index in [1.165, 1.54) is 13.2 Å². The van der Waals surface area contributed by atoms with Gasteiger partial charge < -0.3 is 20.7 Å². The summed E-state index contributed by atoms with van der Waals surface area (Å²) in [6, 6.07) is 8.65. The lowest BCUT2D eigenvalue weighted by molar-refractivity contribution is -0.113. The van der Waals surface area contributed by atoms with Crippen LogP contribution in [0.15, 0.2) is 52.1 Å². The highest BCUT2D eigenvalue weighted by atomic mass is 79.9. The first-order valence-corrected chi connectivity index (χ1v) is 9.76. The van der Waals surface area contributed by atoms with Gasteiger partial charge in [-0.2, -0.15) is 0 Å². The number of ether oxygens (including phenoxy) is 1. The van der Waals surface area contributed by atoms with Crippen molar-refractivity contribution in [2.24, 2.45) is 0 Å². The fourth-order valence-corrected chi connectivity index (χ4v) is 3.73. The van der Waals surface area contributed by atoms with Crippen LogP contribution in [-0.2, 0) is 4.79 Å². The van der Waals surface area contributed by atoms with E-state index in [-0.39, 0.29) is 0 Å². The molecule has 3 rings (SSSR count). The maximum absolute atomic E-state index is 14.5. The van der Waals surface area contributed by atoms with Gasteiger partial charge >= 0.3 is 0 Å². The molecule has 5 nitrogen and oxygen atoms in total. The molecule has 146 valence electrons. The van der Waals surface area contributed by atoms with E-state index >= 15 is 0 Å². The van der Waals surface area contributed by atoms with Crippen molar-refractivity contribution in [1.82, 2.24) is 10.6 Å². The maximum Gasteiger partial charge on any atom is 0.255 e. The van der Waals surface area contributed by atoms with Crippen LogP contribution < -0.4 is 20.7 Å². The highest BCUT2D eigenvalue weighted by molar-refractivity contribution is 9.10. The van der Waals surface area contributed by atoms with Crippen LogP contribution in [0.25, 0.3) is 0 Å². The van der Waals surface area contributed by atoms with Crippen molar-refractivity contribution < 1.29 is 13.9 Å². The monoisotopic (exact) mass is 483 g/mol. The first-order chi connectivity index (χ1) is 13.3. The molecule has 2 aromatic rings. The molecular weight excluding hydrogens is 469 g/mol. The smallest absolute Gasteiger partial charge is 0.255 e. The number of halogens is 3. The molecule has 1 unspecified atom stereocenters. The Balaban J connectivity index is 2.01. The Morgan fingerprint density at radius 3 is 2.79 bits per heavy atom.